The molecule has 0 bridgehead atoms. The zero-order chi connectivity index (χ0) is 31.5. The molecule has 0 radical (unpaired) electrons. The second-order valence-corrected chi connectivity index (χ2v) is 11.5. The van der Waals surface area contributed by atoms with Crippen LogP contribution in [0, 0.1) is 6.92 Å². The number of carbonyl (C=O) groups is 4. The van der Waals surface area contributed by atoms with Gasteiger partial charge in [0.2, 0.25) is 0 Å². The van der Waals surface area contributed by atoms with Crippen LogP contribution in [0.5, 0.6) is 0 Å². The maximum Gasteiger partial charge on any atom is 0.338 e. The molecule has 3 heterocycles. The summed E-state index contributed by atoms with van der Waals surface area (Å²) in [4.78, 5) is 57.5. The van der Waals surface area contributed by atoms with Gasteiger partial charge in [0.15, 0.2) is 0 Å². The fourth-order valence-electron chi connectivity index (χ4n) is 5.49. The molecule has 2 aliphatic heterocycles. The first-order valence-electron chi connectivity index (χ1n) is 14.7. The summed E-state index contributed by atoms with van der Waals surface area (Å²) in [6, 6.07) is 22.9. The summed E-state index contributed by atoms with van der Waals surface area (Å²) in [6.07, 6.45) is 1.57. The van der Waals surface area contributed by atoms with Gasteiger partial charge in [-0.3, -0.25) is 14.4 Å². The highest BCUT2D eigenvalue weighted by atomic mass is 32.1. The van der Waals surface area contributed by atoms with E-state index in [0.29, 0.717) is 59.2 Å². The van der Waals surface area contributed by atoms with Crippen molar-refractivity contribution >= 4 is 51.3 Å². The first-order valence-corrected chi connectivity index (χ1v) is 15.5. The number of imide groups is 1. The van der Waals surface area contributed by atoms with Gasteiger partial charge in [-0.15, -0.1) is 11.3 Å². The minimum absolute atomic E-state index is 0.107. The second kappa shape index (κ2) is 12.9. The van der Waals surface area contributed by atoms with E-state index in [0.717, 1.165) is 20.9 Å². The molecule has 2 aliphatic rings. The van der Waals surface area contributed by atoms with Gasteiger partial charge in [0.25, 0.3) is 17.7 Å². The number of ether oxygens (including phenoxy) is 2. The lowest BCUT2D eigenvalue weighted by molar-refractivity contribution is -0.112. The third-order valence-electron chi connectivity index (χ3n) is 7.76. The molecule has 0 spiro atoms. The number of nitrogens with one attached hydrogen (secondary N) is 1. The first-order chi connectivity index (χ1) is 21.9. The largest absolute Gasteiger partial charge is 0.462 e. The van der Waals surface area contributed by atoms with Crippen molar-refractivity contribution in [2.45, 2.75) is 13.8 Å². The molecule has 1 N–H and O–H groups in total. The number of thiophene rings is 1. The molecule has 228 valence electrons. The average molecular weight is 622 g/mol. The monoisotopic (exact) mass is 621 g/mol. The Morgan fingerprint density at radius 3 is 2.27 bits per heavy atom. The van der Waals surface area contributed by atoms with Gasteiger partial charge in [0, 0.05) is 35.3 Å². The maximum absolute atomic E-state index is 14.0. The molecule has 45 heavy (non-hydrogen) atoms. The highest BCUT2D eigenvalue weighted by Crippen LogP contribution is 2.41. The first kappa shape index (κ1) is 30.0. The lowest BCUT2D eigenvalue weighted by atomic mass is 9.93. The summed E-state index contributed by atoms with van der Waals surface area (Å²) in [5.41, 5.74) is 4.10. The summed E-state index contributed by atoms with van der Waals surface area (Å²) in [7, 11) is 0. The topological polar surface area (TPSA) is 105 Å². The molecule has 4 aromatic rings. The van der Waals surface area contributed by atoms with Crippen molar-refractivity contribution in [1.82, 2.24) is 4.90 Å². The van der Waals surface area contributed by atoms with Gasteiger partial charge in [-0.1, -0.05) is 48.5 Å². The normalized spacial score (nSPS) is 15.6. The van der Waals surface area contributed by atoms with Gasteiger partial charge in [-0.25, -0.2) is 9.69 Å². The third kappa shape index (κ3) is 5.77. The van der Waals surface area contributed by atoms with Crippen molar-refractivity contribution in [3.8, 4) is 10.4 Å². The highest BCUT2D eigenvalue weighted by Gasteiger charge is 2.36. The maximum atomic E-state index is 14.0. The smallest absolute Gasteiger partial charge is 0.338 e. The molecule has 0 atom stereocenters. The van der Waals surface area contributed by atoms with Crippen LogP contribution in [0.3, 0.4) is 0 Å². The quantitative estimate of drug-likeness (QED) is 0.153. The summed E-state index contributed by atoms with van der Waals surface area (Å²) in [5, 5.41) is 3.89. The minimum atomic E-state index is -0.535. The van der Waals surface area contributed by atoms with E-state index >= 15 is 0 Å². The van der Waals surface area contributed by atoms with E-state index in [1.807, 2.05) is 37.3 Å². The zero-order valence-electron chi connectivity index (χ0n) is 24.9. The molecule has 10 heteroatoms. The average Bonchev–Trinajstić information content (AvgIpc) is 3.41. The van der Waals surface area contributed by atoms with Gasteiger partial charge < -0.3 is 19.7 Å². The van der Waals surface area contributed by atoms with Crippen LogP contribution in [-0.2, 0) is 14.3 Å². The van der Waals surface area contributed by atoms with Crippen molar-refractivity contribution < 1.29 is 28.7 Å². The van der Waals surface area contributed by atoms with Crippen LogP contribution in [0.1, 0.15) is 49.1 Å². The Morgan fingerprint density at radius 2 is 1.58 bits per heavy atom. The van der Waals surface area contributed by atoms with Crippen molar-refractivity contribution in [3.05, 3.63) is 113 Å². The Kier molecular flexibility index (Phi) is 8.59. The number of esters is 1. The van der Waals surface area contributed by atoms with Gasteiger partial charge in [0.1, 0.15) is 5.00 Å². The Hall–Kier alpha value is -5.06. The van der Waals surface area contributed by atoms with Crippen molar-refractivity contribution in [1.29, 1.82) is 0 Å². The van der Waals surface area contributed by atoms with Crippen LogP contribution in [0.15, 0.2) is 85.1 Å². The van der Waals surface area contributed by atoms with Gasteiger partial charge in [-0.05, 0) is 55.3 Å². The van der Waals surface area contributed by atoms with Crippen LogP contribution < -0.4 is 10.2 Å². The number of anilines is 2. The van der Waals surface area contributed by atoms with E-state index in [9.17, 15) is 19.2 Å². The van der Waals surface area contributed by atoms with Crippen molar-refractivity contribution in [3.63, 3.8) is 0 Å². The van der Waals surface area contributed by atoms with Gasteiger partial charge in [-0.2, -0.15) is 0 Å². The number of amides is 3. The molecule has 9 nitrogen and oxygen atoms in total. The molecule has 3 aromatic carbocycles. The number of rotatable bonds is 7. The summed E-state index contributed by atoms with van der Waals surface area (Å²) in [5.74, 6) is -1.60. The second-order valence-electron chi connectivity index (χ2n) is 10.5. The van der Waals surface area contributed by atoms with Crippen molar-refractivity contribution in [2.75, 3.05) is 43.1 Å². The summed E-state index contributed by atoms with van der Waals surface area (Å²) < 4.78 is 10.5. The Bertz CT molecular complexity index is 1810. The predicted octanol–water partition coefficient (Wildman–Crippen LogP) is 6.01. The summed E-state index contributed by atoms with van der Waals surface area (Å²) >= 11 is 1.44. The van der Waals surface area contributed by atoms with E-state index in [1.165, 1.54) is 23.5 Å². The van der Waals surface area contributed by atoms with Crippen LogP contribution in [-0.4, -0.2) is 61.5 Å². The van der Waals surface area contributed by atoms with E-state index in [2.05, 4.69) is 5.32 Å². The number of hydrogen-bond acceptors (Lipinski definition) is 8. The summed E-state index contributed by atoms with van der Waals surface area (Å²) in [6.45, 7) is 5.83. The zero-order valence-corrected chi connectivity index (χ0v) is 25.7. The van der Waals surface area contributed by atoms with Crippen LogP contribution in [0.25, 0.3) is 16.0 Å². The number of nitrogens with zero attached hydrogens (tertiary/aromatic N) is 2. The molecule has 0 aliphatic carbocycles. The fraction of sp³-hybridized carbons (Fsp3) is 0.200. The molecular formula is C35H31N3O6S. The molecule has 6 rings (SSSR count). The standard InChI is InChI=1S/C35H31N3O6S/c1-3-44-35(42)24-13-15-25(16-14-24)38-32(39)27-12-8-7-11-26(27)28(33(38)40)21-36-31-29(34(41)37-17-19-43-20-18-37)22(2)30(45-31)23-9-5-4-6-10-23/h4-16,21,36H,3,17-20H2,1-2H3. The lowest BCUT2D eigenvalue weighted by Crippen LogP contribution is -2.42. The lowest BCUT2D eigenvalue weighted by Gasteiger charge is -2.29. The minimum Gasteiger partial charge on any atom is -0.462 e. The van der Waals surface area contributed by atoms with Crippen LogP contribution in [0.2, 0.25) is 0 Å². The van der Waals surface area contributed by atoms with Crippen molar-refractivity contribution in [2.24, 2.45) is 0 Å². The Balaban J connectivity index is 1.40. The van der Waals surface area contributed by atoms with E-state index < -0.39 is 17.8 Å². The number of hydrogen-bond donors (Lipinski definition) is 1. The van der Waals surface area contributed by atoms with Gasteiger partial charge >= 0.3 is 5.97 Å². The SMILES string of the molecule is CCOC(=O)c1ccc(N2C(=O)C(=CNc3sc(-c4ccccc4)c(C)c3C(=O)N3CCOCC3)c3ccccc3C2=O)cc1. The molecule has 1 saturated heterocycles. The van der Waals surface area contributed by atoms with Gasteiger partial charge in [0.05, 0.1) is 42.2 Å². The fourth-order valence-corrected chi connectivity index (χ4v) is 6.66. The molecule has 0 saturated carbocycles. The van der Waals surface area contributed by atoms with Crippen LogP contribution in [0.4, 0.5) is 10.7 Å². The molecule has 1 aromatic heterocycles. The van der Waals surface area contributed by atoms with E-state index in [1.54, 1.807) is 54.4 Å². The molecule has 1 fully saturated rings. The molecule has 3 amide bonds. The van der Waals surface area contributed by atoms with Crippen LogP contribution >= 0.6 is 11.3 Å². The Morgan fingerprint density at radius 1 is 0.911 bits per heavy atom. The van der Waals surface area contributed by atoms with E-state index in [4.69, 9.17) is 9.47 Å². The number of carbonyl (C=O) groups excluding carboxylic acids is 4. The third-order valence-corrected chi connectivity index (χ3v) is 9.04. The number of benzene rings is 3. The Labute approximate surface area is 264 Å². The highest BCUT2D eigenvalue weighted by molar-refractivity contribution is 7.20. The molecular weight excluding hydrogens is 590 g/mol. The number of morpholine rings is 1. The molecule has 0 unspecified atom stereocenters. The number of fused-ring (bicyclic) bond motifs is 1. The predicted molar refractivity (Wildman–Crippen MR) is 173 cm³/mol. The van der Waals surface area contributed by atoms with E-state index in [-0.39, 0.29) is 18.1 Å².